The predicted octanol–water partition coefficient (Wildman–Crippen LogP) is 4.91. The lowest BCUT2D eigenvalue weighted by Crippen LogP contribution is -2.49. The third-order valence-corrected chi connectivity index (χ3v) is 8.82. The number of phosphoric ester groups is 1. The van der Waals surface area contributed by atoms with Crippen LogP contribution in [-0.2, 0) is 18.1 Å². The highest BCUT2D eigenvalue weighted by Crippen LogP contribution is 2.51. The van der Waals surface area contributed by atoms with Crippen LogP contribution in [-0.4, -0.2) is 41.0 Å². The normalized spacial score (nSPS) is 17.1. The molecule has 0 aliphatic carbocycles. The highest BCUT2D eigenvalue weighted by atomic mass is 31.2. The molecule has 2 aromatic heterocycles. The number of nitrogens with zero attached hydrogens (tertiary/aromatic N) is 6. The largest absolute Gasteiger partial charge is 0.571 e. The van der Waals surface area contributed by atoms with Crippen molar-refractivity contribution in [3.05, 3.63) is 94.9 Å². The Morgan fingerprint density at radius 1 is 0.650 bits per heavy atom. The zero-order valence-corrected chi connectivity index (χ0v) is 22.6. The van der Waals surface area contributed by atoms with Crippen LogP contribution < -0.4 is 11.0 Å². The lowest BCUT2D eigenvalue weighted by molar-refractivity contribution is 0.165. The van der Waals surface area contributed by atoms with E-state index < -0.39 is 15.0 Å². The van der Waals surface area contributed by atoms with Crippen molar-refractivity contribution in [3.63, 3.8) is 0 Å². The summed E-state index contributed by atoms with van der Waals surface area (Å²) in [5, 5.41) is 3.48. The second kappa shape index (κ2) is 8.68. The van der Waals surface area contributed by atoms with Crippen LogP contribution in [0.2, 0.25) is 0 Å². The Morgan fingerprint density at radius 2 is 1.15 bits per heavy atom. The van der Waals surface area contributed by atoms with Crippen LogP contribution in [0.3, 0.4) is 0 Å². The molecular formula is C28H22BN6O4P. The van der Waals surface area contributed by atoms with Crippen LogP contribution in [0.4, 0.5) is 11.6 Å². The average molecular weight is 548 g/mol. The van der Waals surface area contributed by atoms with Gasteiger partial charge < -0.3 is 13.4 Å². The summed E-state index contributed by atoms with van der Waals surface area (Å²) < 4.78 is 35.2. The number of amidine groups is 2. The van der Waals surface area contributed by atoms with Gasteiger partial charge in [-0.3, -0.25) is 9.05 Å². The number of hydrogen-bond acceptors (Lipinski definition) is 8. The minimum Gasteiger partial charge on any atom is -0.307 e. The average Bonchev–Trinajstić information content (AvgIpc) is 3.59. The number of hydrogen-bond donors (Lipinski definition) is 0. The monoisotopic (exact) mass is 548 g/mol. The number of aromatic nitrogens is 2. The molecule has 10 nitrogen and oxygen atoms in total. The fraction of sp³-hybridized carbons (Fsp3) is 0.143. The fourth-order valence-corrected chi connectivity index (χ4v) is 6.89. The van der Waals surface area contributed by atoms with E-state index >= 15 is 0 Å². The minimum atomic E-state index is -4.01. The van der Waals surface area contributed by atoms with Gasteiger partial charge in [-0.25, -0.2) is 24.5 Å². The zero-order chi connectivity index (χ0) is 27.0. The minimum absolute atomic E-state index is 0.147. The summed E-state index contributed by atoms with van der Waals surface area (Å²) in [5.41, 5.74) is 2.96. The highest BCUT2D eigenvalue weighted by molar-refractivity contribution is 7.49. The van der Waals surface area contributed by atoms with Gasteiger partial charge in [-0.2, -0.15) is 0 Å². The van der Waals surface area contributed by atoms with Crippen molar-refractivity contribution in [1.82, 2.24) is 8.96 Å². The summed E-state index contributed by atoms with van der Waals surface area (Å²) in [5.74, 6) is 2.27. The van der Waals surface area contributed by atoms with Gasteiger partial charge in [0.2, 0.25) is 0 Å². The van der Waals surface area contributed by atoms with Gasteiger partial charge in [0.1, 0.15) is 22.6 Å². The Kier molecular flexibility index (Phi) is 5.14. The molecule has 0 atom stereocenters. The molecule has 0 spiro atoms. The molecule has 196 valence electrons. The summed E-state index contributed by atoms with van der Waals surface area (Å²) >= 11 is 0. The van der Waals surface area contributed by atoms with E-state index in [-0.39, 0.29) is 13.2 Å². The number of rotatable bonds is 6. The maximum absolute atomic E-state index is 13.9. The van der Waals surface area contributed by atoms with E-state index in [0.29, 0.717) is 34.3 Å². The number of fused-ring (bicyclic) bond motifs is 10. The van der Waals surface area contributed by atoms with Gasteiger partial charge in [0, 0.05) is 32.7 Å². The first-order chi connectivity index (χ1) is 19.6. The molecule has 3 aliphatic rings. The number of aliphatic imine (C=N–C) groups is 2. The van der Waals surface area contributed by atoms with E-state index in [1.165, 1.54) is 0 Å². The molecule has 40 heavy (non-hydrogen) atoms. The quantitative estimate of drug-likeness (QED) is 0.222. The SMILES string of the molecule is CCOP(=O)(OCC)OB1n2c3c4ccccc4c2/N=C2N=C(/N=c4/c5ccccc5c(n41)=N3)c1ccccc1\2. The van der Waals surface area contributed by atoms with E-state index in [9.17, 15) is 4.57 Å². The van der Waals surface area contributed by atoms with Crippen molar-refractivity contribution in [3.8, 4) is 0 Å². The van der Waals surface area contributed by atoms with Crippen molar-refractivity contribution in [2.24, 2.45) is 20.0 Å². The summed E-state index contributed by atoms with van der Waals surface area (Å²) in [7, 11) is -5.04. The molecule has 8 rings (SSSR count). The summed E-state index contributed by atoms with van der Waals surface area (Å²) in [6.07, 6.45) is 0. The number of benzene rings is 3. The third kappa shape index (κ3) is 3.26. The summed E-state index contributed by atoms with van der Waals surface area (Å²) in [6.45, 7) is 3.79. The Morgan fingerprint density at radius 3 is 1.75 bits per heavy atom. The molecule has 4 bridgehead atoms. The first-order valence-corrected chi connectivity index (χ1v) is 14.6. The maximum atomic E-state index is 13.9. The second-order valence-electron chi connectivity index (χ2n) is 9.48. The maximum Gasteiger partial charge on any atom is 0.571 e. The van der Waals surface area contributed by atoms with Gasteiger partial charge in [0.05, 0.1) is 13.2 Å². The van der Waals surface area contributed by atoms with Crippen LogP contribution in [0.1, 0.15) is 25.0 Å². The van der Waals surface area contributed by atoms with E-state index in [0.717, 1.165) is 32.7 Å². The second-order valence-corrected chi connectivity index (χ2v) is 11.1. The fourth-order valence-electron chi connectivity index (χ4n) is 5.65. The molecule has 0 saturated carbocycles. The van der Waals surface area contributed by atoms with Gasteiger partial charge in [-0.05, 0) is 13.8 Å². The van der Waals surface area contributed by atoms with Crippen LogP contribution >= 0.6 is 7.82 Å². The smallest absolute Gasteiger partial charge is 0.307 e. The van der Waals surface area contributed by atoms with Crippen molar-refractivity contribution in [1.29, 1.82) is 0 Å². The standard InChI is InChI=1S/C28H22BN6O4P/c1-3-37-40(36,38-4-2)39-29-34-25-19-13-7-9-15-21(19)27(34)33-28-22-16-10-8-14-20(22)26(35(28)29)32-24-18-12-6-5-11-17(18)23(30-24)31-25/h5-16H,3-4H2,1-2H3/b31-23-,31-25?,32-24?,32-26-. The van der Waals surface area contributed by atoms with E-state index in [2.05, 4.69) is 0 Å². The molecule has 0 radical (unpaired) electrons. The van der Waals surface area contributed by atoms with Gasteiger partial charge in [0.15, 0.2) is 11.7 Å². The third-order valence-electron chi connectivity index (χ3n) is 7.23. The van der Waals surface area contributed by atoms with Crippen molar-refractivity contribution < 1.29 is 18.1 Å². The van der Waals surface area contributed by atoms with Crippen molar-refractivity contribution in [2.75, 3.05) is 13.2 Å². The van der Waals surface area contributed by atoms with Gasteiger partial charge in [0.25, 0.3) is 0 Å². The molecule has 0 saturated heterocycles. The Labute approximate surface area is 228 Å². The van der Waals surface area contributed by atoms with Crippen molar-refractivity contribution >= 4 is 59.9 Å². The summed E-state index contributed by atoms with van der Waals surface area (Å²) in [6, 6.07) is 23.7. The predicted molar refractivity (Wildman–Crippen MR) is 154 cm³/mol. The van der Waals surface area contributed by atoms with E-state index in [1.807, 2.05) is 81.8 Å². The molecule has 0 amide bonds. The number of phosphoric acid groups is 1. The van der Waals surface area contributed by atoms with Gasteiger partial charge in [-0.15, -0.1) is 0 Å². The molecule has 12 heteroatoms. The molecule has 3 aromatic carbocycles. The first kappa shape index (κ1) is 23.7. The molecular weight excluding hydrogens is 526 g/mol. The Balaban J connectivity index is 1.58. The van der Waals surface area contributed by atoms with Crippen LogP contribution in [0.15, 0.2) is 92.8 Å². The van der Waals surface area contributed by atoms with Crippen LogP contribution in [0.25, 0.3) is 21.5 Å². The van der Waals surface area contributed by atoms with E-state index in [4.69, 9.17) is 33.5 Å². The van der Waals surface area contributed by atoms with E-state index in [1.54, 1.807) is 13.8 Å². The van der Waals surface area contributed by atoms with Crippen LogP contribution in [0, 0.1) is 0 Å². The summed E-state index contributed by atoms with van der Waals surface area (Å²) in [4.78, 5) is 20.2. The molecule has 0 unspecified atom stereocenters. The Bertz CT molecular complexity index is 2120. The van der Waals surface area contributed by atoms with Gasteiger partial charge >= 0.3 is 15.0 Å². The van der Waals surface area contributed by atoms with Gasteiger partial charge in [-0.1, -0.05) is 72.8 Å². The molecule has 5 aromatic rings. The topological polar surface area (TPSA) is 104 Å². The van der Waals surface area contributed by atoms with Crippen molar-refractivity contribution in [2.45, 2.75) is 13.8 Å². The molecule has 0 fully saturated rings. The molecule has 0 N–H and O–H groups in total. The highest BCUT2D eigenvalue weighted by Gasteiger charge is 2.44. The van der Waals surface area contributed by atoms with Crippen LogP contribution in [0.5, 0.6) is 0 Å². The lowest BCUT2D eigenvalue weighted by atomic mass is 10.00. The first-order valence-electron chi connectivity index (χ1n) is 13.1. The Hall–Kier alpha value is -4.15. The molecule has 3 aliphatic heterocycles. The lowest BCUT2D eigenvalue weighted by Gasteiger charge is -2.26. The molecule has 5 heterocycles. The zero-order valence-electron chi connectivity index (χ0n) is 21.7.